The van der Waals surface area contributed by atoms with Gasteiger partial charge in [0.2, 0.25) is 0 Å². The number of hydrogen-bond donors (Lipinski definition) is 1. The Morgan fingerprint density at radius 1 is 1.16 bits per heavy atom. The van der Waals surface area contributed by atoms with E-state index in [1.165, 1.54) is 6.92 Å². The number of epoxide rings is 1. The third-order valence-electron chi connectivity index (χ3n) is 11.3. The van der Waals surface area contributed by atoms with Crippen LogP contribution in [0.3, 0.4) is 0 Å². The van der Waals surface area contributed by atoms with E-state index in [0.29, 0.717) is 24.8 Å². The van der Waals surface area contributed by atoms with Gasteiger partial charge in [0, 0.05) is 18.9 Å². The SMILES string of the molecule is CC(=O)O[C@H]1C[C@H]2[C@@H]3[C@@H]4O[C@@H]4[C@@]4(O)CC=CC(=O)[C@]4(C)[C@H]3CC[C@]2(C)/C1=C(\C)[C@H]1CC(C)=C(C)C(=O)O1. The van der Waals surface area contributed by atoms with Gasteiger partial charge in [0.15, 0.2) is 5.78 Å². The van der Waals surface area contributed by atoms with Crippen molar-refractivity contribution in [3.8, 4) is 0 Å². The van der Waals surface area contributed by atoms with Crippen molar-refractivity contribution in [2.75, 3.05) is 0 Å². The number of carbonyl (C=O) groups is 3. The lowest BCUT2D eigenvalue weighted by molar-refractivity contribution is -0.178. The largest absolute Gasteiger partial charge is 0.458 e. The highest BCUT2D eigenvalue weighted by atomic mass is 16.6. The van der Waals surface area contributed by atoms with E-state index < -0.39 is 17.1 Å². The van der Waals surface area contributed by atoms with Gasteiger partial charge in [0.25, 0.3) is 0 Å². The number of esters is 2. The summed E-state index contributed by atoms with van der Waals surface area (Å²) in [5.74, 6) is -0.464. The second-order valence-electron chi connectivity index (χ2n) is 12.8. The van der Waals surface area contributed by atoms with Gasteiger partial charge in [-0.3, -0.25) is 9.59 Å². The minimum absolute atomic E-state index is 0.0120. The number of ether oxygens (including phenoxy) is 3. The van der Waals surface area contributed by atoms with Crippen LogP contribution in [0, 0.1) is 28.6 Å². The molecular weight excluding hydrogens is 472 g/mol. The molecule has 6 rings (SSSR count). The van der Waals surface area contributed by atoms with Gasteiger partial charge in [0.05, 0.1) is 11.5 Å². The van der Waals surface area contributed by atoms with E-state index >= 15 is 0 Å². The van der Waals surface area contributed by atoms with Gasteiger partial charge in [-0.25, -0.2) is 4.79 Å². The minimum Gasteiger partial charge on any atom is -0.458 e. The van der Waals surface area contributed by atoms with Crippen molar-refractivity contribution in [2.24, 2.45) is 28.6 Å². The summed E-state index contributed by atoms with van der Waals surface area (Å²) in [6, 6.07) is 0. The molecular formula is C30H38O7. The number of fused-ring (bicyclic) bond motifs is 8. The summed E-state index contributed by atoms with van der Waals surface area (Å²) in [6.07, 6.45) is 5.45. The fourth-order valence-corrected chi connectivity index (χ4v) is 9.09. The maximum Gasteiger partial charge on any atom is 0.334 e. The maximum atomic E-state index is 13.4. The van der Waals surface area contributed by atoms with Gasteiger partial charge in [-0.15, -0.1) is 0 Å². The van der Waals surface area contributed by atoms with Crippen molar-refractivity contribution in [1.82, 2.24) is 0 Å². The Morgan fingerprint density at radius 3 is 2.57 bits per heavy atom. The second kappa shape index (κ2) is 7.89. The zero-order chi connectivity index (χ0) is 26.7. The van der Waals surface area contributed by atoms with E-state index in [9.17, 15) is 19.5 Å². The predicted molar refractivity (Wildman–Crippen MR) is 134 cm³/mol. The first-order chi connectivity index (χ1) is 17.3. The van der Waals surface area contributed by atoms with Crippen LogP contribution in [0.4, 0.5) is 0 Å². The summed E-state index contributed by atoms with van der Waals surface area (Å²) in [5, 5.41) is 11.8. The number of carbonyl (C=O) groups excluding carboxylic acids is 3. The number of allylic oxidation sites excluding steroid dienone is 1. The van der Waals surface area contributed by atoms with Crippen molar-refractivity contribution in [2.45, 2.75) is 104 Å². The van der Waals surface area contributed by atoms with Gasteiger partial charge >= 0.3 is 11.9 Å². The Hall–Kier alpha value is -2.25. The van der Waals surface area contributed by atoms with Crippen molar-refractivity contribution in [3.05, 3.63) is 34.4 Å². The monoisotopic (exact) mass is 510 g/mol. The number of aliphatic hydroxyl groups is 1. The quantitative estimate of drug-likeness (QED) is 0.340. The summed E-state index contributed by atoms with van der Waals surface area (Å²) in [6.45, 7) is 11.4. The molecule has 0 aromatic rings. The molecule has 200 valence electrons. The van der Waals surface area contributed by atoms with Crippen LogP contribution in [0.25, 0.3) is 0 Å². The van der Waals surface area contributed by atoms with Gasteiger partial charge in [-0.1, -0.05) is 18.6 Å². The van der Waals surface area contributed by atoms with E-state index in [4.69, 9.17) is 14.2 Å². The third-order valence-corrected chi connectivity index (χ3v) is 11.3. The molecule has 1 saturated heterocycles. The van der Waals surface area contributed by atoms with Crippen LogP contribution in [0.1, 0.15) is 73.6 Å². The van der Waals surface area contributed by atoms with Crippen LogP contribution >= 0.6 is 0 Å². The first kappa shape index (κ1) is 25.1. The van der Waals surface area contributed by atoms with Gasteiger partial charge in [0.1, 0.15) is 23.9 Å². The van der Waals surface area contributed by atoms with Gasteiger partial charge in [-0.2, -0.15) is 0 Å². The van der Waals surface area contributed by atoms with E-state index in [2.05, 4.69) is 6.92 Å². The molecule has 37 heavy (non-hydrogen) atoms. The molecule has 0 unspecified atom stereocenters. The van der Waals surface area contributed by atoms with Crippen LogP contribution < -0.4 is 0 Å². The highest BCUT2D eigenvalue weighted by Crippen LogP contribution is 2.71. The molecule has 0 aromatic heterocycles. The van der Waals surface area contributed by atoms with Gasteiger partial charge in [-0.05, 0) is 93.8 Å². The molecule has 7 nitrogen and oxygen atoms in total. The maximum absolute atomic E-state index is 13.4. The van der Waals surface area contributed by atoms with E-state index in [-0.39, 0.29) is 59.2 Å². The number of ketones is 1. The van der Waals surface area contributed by atoms with E-state index in [1.54, 1.807) is 19.1 Å². The van der Waals surface area contributed by atoms with Crippen LogP contribution in [-0.4, -0.2) is 52.8 Å². The summed E-state index contributed by atoms with van der Waals surface area (Å²) in [5.41, 5.74) is 1.34. The topological polar surface area (TPSA) is 102 Å². The average molecular weight is 511 g/mol. The molecule has 0 radical (unpaired) electrons. The average Bonchev–Trinajstić information content (AvgIpc) is 3.57. The molecule has 2 aliphatic heterocycles. The second-order valence-corrected chi connectivity index (χ2v) is 12.8. The third kappa shape index (κ3) is 3.16. The minimum atomic E-state index is -1.18. The highest BCUT2D eigenvalue weighted by Gasteiger charge is 2.77. The Balaban J connectivity index is 1.43. The first-order valence-corrected chi connectivity index (χ1v) is 13.7. The van der Waals surface area contributed by atoms with E-state index in [0.717, 1.165) is 29.6 Å². The first-order valence-electron chi connectivity index (χ1n) is 13.7. The lowest BCUT2D eigenvalue weighted by atomic mass is 9.44. The molecule has 2 heterocycles. The molecule has 10 atom stereocenters. The summed E-state index contributed by atoms with van der Waals surface area (Å²) in [4.78, 5) is 38.2. The van der Waals surface area contributed by atoms with Crippen molar-refractivity contribution in [1.29, 1.82) is 0 Å². The molecule has 4 fully saturated rings. The van der Waals surface area contributed by atoms with Crippen molar-refractivity contribution >= 4 is 17.7 Å². The number of rotatable bonds is 2. The molecule has 0 aromatic carbocycles. The molecule has 1 N–H and O–H groups in total. The lowest BCUT2D eigenvalue weighted by Crippen LogP contribution is -2.67. The van der Waals surface area contributed by atoms with Crippen LogP contribution in [-0.2, 0) is 28.6 Å². The molecule has 0 amide bonds. The summed E-state index contributed by atoms with van der Waals surface area (Å²) >= 11 is 0. The molecule has 4 aliphatic carbocycles. The van der Waals surface area contributed by atoms with Crippen molar-refractivity contribution in [3.63, 3.8) is 0 Å². The van der Waals surface area contributed by atoms with Crippen LogP contribution in [0.5, 0.6) is 0 Å². The number of cyclic esters (lactones) is 1. The Morgan fingerprint density at radius 2 is 1.89 bits per heavy atom. The Kier molecular flexibility index (Phi) is 5.34. The highest BCUT2D eigenvalue weighted by molar-refractivity contribution is 5.97. The number of hydrogen-bond acceptors (Lipinski definition) is 7. The fourth-order valence-electron chi connectivity index (χ4n) is 9.09. The van der Waals surface area contributed by atoms with Gasteiger partial charge < -0.3 is 19.3 Å². The molecule has 6 aliphatic rings. The predicted octanol–water partition coefficient (Wildman–Crippen LogP) is 3.99. The Labute approximate surface area is 218 Å². The van der Waals surface area contributed by atoms with Crippen LogP contribution in [0.15, 0.2) is 34.4 Å². The van der Waals surface area contributed by atoms with Crippen molar-refractivity contribution < 1.29 is 33.7 Å². The van der Waals surface area contributed by atoms with E-state index in [1.807, 2.05) is 20.8 Å². The molecule has 0 spiro atoms. The smallest absolute Gasteiger partial charge is 0.334 e. The lowest BCUT2D eigenvalue weighted by Gasteiger charge is -2.59. The molecule has 3 saturated carbocycles. The standard InChI is InChI=1S/C30H38O7/c1-14-12-20(36-27(33)15(14)2)16(3)24-21(35-17(4)31)13-19-23-18(9-11-28(19,24)5)29(6)22(32)8-7-10-30(29,34)26-25(23)37-26/h7-8,18-21,23,25-26,34H,9-13H2,1-6H3/b24-16+/t18-,19-,20+,21-,23+,25-,26-,28-,29-,30-/m0/s1. The summed E-state index contributed by atoms with van der Waals surface area (Å²) < 4.78 is 18.0. The fraction of sp³-hybridized carbons (Fsp3) is 0.700. The molecule has 7 heteroatoms. The van der Waals surface area contributed by atoms with Crippen LogP contribution in [0.2, 0.25) is 0 Å². The zero-order valence-corrected chi connectivity index (χ0v) is 22.6. The summed E-state index contributed by atoms with van der Waals surface area (Å²) in [7, 11) is 0. The Bertz CT molecular complexity index is 1190. The molecule has 0 bridgehead atoms. The zero-order valence-electron chi connectivity index (χ0n) is 22.6. The normalized spacial score (nSPS) is 49.4.